The third-order valence-corrected chi connectivity index (χ3v) is 12.3. The van der Waals surface area contributed by atoms with Gasteiger partial charge in [0.25, 0.3) is 0 Å². The number of hydrogen-bond donors (Lipinski definition) is 6. The highest BCUT2D eigenvalue weighted by atomic mass is 16.7. The topological polar surface area (TPSA) is 149 Å². The van der Waals surface area contributed by atoms with Crippen LogP contribution >= 0.6 is 0 Å². The molecule has 1 saturated heterocycles. The van der Waals surface area contributed by atoms with Crippen LogP contribution in [-0.4, -0.2) is 87.5 Å². The molecular weight excluding hydrogens is 755 g/mol. The number of nitrogens with one attached hydrogen (secondary N) is 1. The fraction of sp³-hybridized carbons (Fsp3) is 0.902. The number of carbonyl (C=O) groups excluding carboxylic acids is 1. The highest BCUT2D eigenvalue weighted by Gasteiger charge is 2.44. The maximum atomic E-state index is 13.0. The van der Waals surface area contributed by atoms with E-state index in [1.165, 1.54) is 180 Å². The summed E-state index contributed by atoms with van der Waals surface area (Å²) in [7, 11) is 0. The summed E-state index contributed by atoms with van der Waals surface area (Å²) in [6, 6.07) is -0.817. The minimum Gasteiger partial charge on any atom is -0.394 e. The van der Waals surface area contributed by atoms with Gasteiger partial charge in [-0.05, 0) is 32.1 Å². The molecule has 0 aliphatic carbocycles. The van der Waals surface area contributed by atoms with Crippen molar-refractivity contribution in [3.63, 3.8) is 0 Å². The second-order valence-electron chi connectivity index (χ2n) is 18.0. The number of ether oxygens (including phenoxy) is 2. The Kier molecular flexibility index (Phi) is 39.4. The normalized spacial score (nSPS) is 20.7. The Labute approximate surface area is 369 Å². The Hall–Kier alpha value is -1.33. The summed E-state index contributed by atoms with van der Waals surface area (Å²) in [4.78, 5) is 13.0. The van der Waals surface area contributed by atoms with Gasteiger partial charge in [0.05, 0.1) is 25.4 Å². The molecule has 1 aliphatic heterocycles. The smallest absolute Gasteiger partial charge is 0.220 e. The van der Waals surface area contributed by atoms with Crippen LogP contribution in [0.2, 0.25) is 0 Å². The third-order valence-electron chi connectivity index (χ3n) is 12.3. The number of aliphatic hydroxyl groups excluding tert-OH is 5. The van der Waals surface area contributed by atoms with Crippen molar-refractivity contribution in [3.05, 3.63) is 24.3 Å². The van der Waals surface area contributed by atoms with Gasteiger partial charge in [-0.1, -0.05) is 224 Å². The maximum Gasteiger partial charge on any atom is 0.220 e. The second kappa shape index (κ2) is 41.7. The molecule has 6 N–H and O–H groups in total. The second-order valence-corrected chi connectivity index (χ2v) is 18.0. The van der Waals surface area contributed by atoms with Crippen molar-refractivity contribution < 1.29 is 39.8 Å². The molecule has 0 spiro atoms. The molecule has 0 aromatic rings. The molecule has 1 heterocycles. The molecule has 0 aromatic carbocycles. The first-order valence-corrected chi connectivity index (χ1v) is 25.6. The van der Waals surface area contributed by atoms with Crippen LogP contribution in [0.25, 0.3) is 0 Å². The van der Waals surface area contributed by atoms with E-state index < -0.39 is 49.5 Å². The zero-order valence-corrected chi connectivity index (χ0v) is 39.0. The highest BCUT2D eigenvalue weighted by Crippen LogP contribution is 2.23. The van der Waals surface area contributed by atoms with E-state index in [1.54, 1.807) is 6.08 Å². The van der Waals surface area contributed by atoms with Gasteiger partial charge < -0.3 is 40.3 Å². The highest BCUT2D eigenvalue weighted by molar-refractivity contribution is 5.76. The summed E-state index contributed by atoms with van der Waals surface area (Å²) < 4.78 is 11.2. The van der Waals surface area contributed by atoms with Crippen molar-refractivity contribution in [2.45, 2.75) is 281 Å². The average molecular weight is 852 g/mol. The molecule has 354 valence electrons. The van der Waals surface area contributed by atoms with Crippen LogP contribution in [0.4, 0.5) is 0 Å². The van der Waals surface area contributed by atoms with E-state index in [1.807, 2.05) is 6.08 Å². The van der Waals surface area contributed by atoms with Gasteiger partial charge in [-0.25, -0.2) is 0 Å². The Morgan fingerprint density at radius 3 is 1.40 bits per heavy atom. The lowest BCUT2D eigenvalue weighted by Crippen LogP contribution is -2.60. The number of hydrogen-bond acceptors (Lipinski definition) is 8. The standard InChI is InChI=1S/C51H97NO8/c1-3-5-7-9-11-13-15-17-19-20-21-22-23-24-25-27-29-31-33-35-37-39-41-47(55)52-44(43-59-51-50(58)49(57)48(56)46(42-53)60-51)45(54)40-38-36-34-32-30-28-26-18-16-14-12-10-8-6-4-2/h30,32,38,40,44-46,48-51,53-54,56-58H,3-29,31,33-37,39,41-43H2,1-2H3,(H,52,55)/b32-30+,40-38+/t44-,45+,46-,48-,49?,50?,51-/m0/s1. The van der Waals surface area contributed by atoms with Gasteiger partial charge in [-0.2, -0.15) is 0 Å². The van der Waals surface area contributed by atoms with Crippen LogP contribution < -0.4 is 5.32 Å². The molecule has 9 nitrogen and oxygen atoms in total. The molecule has 9 heteroatoms. The summed E-state index contributed by atoms with van der Waals surface area (Å²) in [6.45, 7) is 3.77. The first-order chi connectivity index (χ1) is 29.3. The number of rotatable bonds is 43. The monoisotopic (exact) mass is 852 g/mol. The molecule has 2 unspecified atom stereocenters. The van der Waals surface area contributed by atoms with Crippen molar-refractivity contribution in [2.24, 2.45) is 0 Å². The molecule has 1 rings (SSSR count). The predicted octanol–water partition coefficient (Wildman–Crippen LogP) is 11.5. The van der Waals surface area contributed by atoms with E-state index in [4.69, 9.17) is 9.47 Å². The number of amides is 1. The Morgan fingerprint density at radius 2 is 0.950 bits per heavy atom. The first kappa shape index (κ1) is 56.7. The number of aliphatic hydroxyl groups is 5. The lowest BCUT2D eigenvalue weighted by Gasteiger charge is -2.40. The summed E-state index contributed by atoms with van der Waals surface area (Å²) in [5.41, 5.74) is 0. The van der Waals surface area contributed by atoms with Crippen LogP contribution in [0.5, 0.6) is 0 Å². The van der Waals surface area contributed by atoms with Gasteiger partial charge in [0.15, 0.2) is 6.29 Å². The maximum absolute atomic E-state index is 13.0. The van der Waals surface area contributed by atoms with Gasteiger partial charge in [0.1, 0.15) is 24.4 Å². The van der Waals surface area contributed by atoms with Crippen LogP contribution in [0.1, 0.15) is 239 Å². The molecule has 7 atom stereocenters. The Morgan fingerprint density at radius 1 is 0.550 bits per heavy atom. The summed E-state index contributed by atoms with van der Waals surface area (Å²) in [6.07, 6.45) is 43.7. The lowest BCUT2D eigenvalue weighted by molar-refractivity contribution is -0.302. The van der Waals surface area contributed by atoms with Gasteiger partial charge in [-0.3, -0.25) is 4.79 Å². The molecule has 1 aliphatic rings. The first-order valence-electron chi connectivity index (χ1n) is 25.6. The molecule has 0 radical (unpaired) electrons. The van der Waals surface area contributed by atoms with E-state index in [0.717, 1.165) is 38.5 Å². The zero-order chi connectivity index (χ0) is 43.7. The van der Waals surface area contributed by atoms with Gasteiger partial charge in [0.2, 0.25) is 5.91 Å². The van der Waals surface area contributed by atoms with Gasteiger partial charge in [0, 0.05) is 6.42 Å². The molecule has 1 amide bonds. The van der Waals surface area contributed by atoms with Crippen molar-refractivity contribution in [3.8, 4) is 0 Å². The van der Waals surface area contributed by atoms with Crippen LogP contribution in [0.15, 0.2) is 24.3 Å². The average Bonchev–Trinajstić information content (AvgIpc) is 3.25. The zero-order valence-electron chi connectivity index (χ0n) is 39.0. The molecule has 60 heavy (non-hydrogen) atoms. The number of unbranched alkanes of at least 4 members (excludes halogenated alkanes) is 31. The van der Waals surface area contributed by atoms with Gasteiger partial charge in [-0.15, -0.1) is 0 Å². The Balaban J connectivity index is 2.28. The molecule has 0 bridgehead atoms. The lowest BCUT2D eigenvalue weighted by atomic mass is 9.99. The van der Waals surface area contributed by atoms with Crippen LogP contribution in [0, 0.1) is 0 Å². The van der Waals surface area contributed by atoms with E-state index in [9.17, 15) is 30.3 Å². The third kappa shape index (κ3) is 31.5. The fourth-order valence-electron chi connectivity index (χ4n) is 8.17. The van der Waals surface area contributed by atoms with Gasteiger partial charge >= 0.3 is 0 Å². The van der Waals surface area contributed by atoms with Crippen LogP contribution in [0.3, 0.4) is 0 Å². The SMILES string of the molecule is CCCCCCCCCCC/C=C/CC/C=C/[C@@H](O)[C@H](CO[C@H]1O[C@@H](CO)[C@H](O)C(O)C1O)NC(=O)CCCCCCCCCCCCCCCCCCCCCCCC. The van der Waals surface area contributed by atoms with Crippen molar-refractivity contribution >= 4 is 5.91 Å². The molecule has 0 saturated carbocycles. The van der Waals surface area contributed by atoms with E-state index in [0.29, 0.717) is 6.42 Å². The minimum atomic E-state index is -1.57. The minimum absolute atomic E-state index is 0.183. The molecule has 1 fully saturated rings. The van der Waals surface area contributed by atoms with Crippen molar-refractivity contribution in [2.75, 3.05) is 13.2 Å². The number of allylic oxidation sites excluding steroid dienone is 3. The van der Waals surface area contributed by atoms with E-state index in [2.05, 4.69) is 31.3 Å². The summed E-state index contributed by atoms with van der Waals surface area (Å²) >= 11 is 0. The fourth-order valence-corrected chi connectivity index (χ4v) is 8.17. The van der Waals surface area contributed by atoms with Crippen molar-refractivity contribution in [1.29, 1.82) is 0 Å². The Bertz CT molecular complexity index is 992. The predicted molar refractivity (Wildman–Crippen MR) is 249 cm³/mol. The van der Waals surface area contributed by atoms with Crippen molar-refractivity contribution in [1.82, 2.24) is 5.32 Å². The largest absolute Gasteiger partial charge is 0.394 e. The van der Waals surface area contributed by atoms with E-state index in [-0.39, 0.29) is 12.5 Å². The quantitative estimate of drug-likeness (QED) is 0.0262. The number of carbonyl (C=O) groups is 1. The molecular formula is C51H97NO8. The summed E-state index contributed by atoms with van der Waals surface area (Å²) in [5.74, 6) is -0.183. The van der Waals surface area contributed by atoms with Crippen LogP contribution in [-0.2, 0) is 14.3 Å². The summed E-state index contributed by atoms with van der Waals surface area (Å²) in [5, 5.41) is 54.3. The molecule has 0 aromatic heterocycles. The van der Waals surface area contributed by atoms with E-state index >= 15 is 0 Å².